The third-order valence-corrected chi connectivity index (χ3v) is 3.23. The van der Waals surface area contributed by atoms with E-state index in [1.165, 1.54) is 12.1 Å². The van der Waals surface area contributed by atoms with E-state index in [9.17, 15) is 13.2 Å². The zero-order chi connectivity index (χ0) is 13.2. The lowest BCUT2D eigenvalue weighted by molar-refractivity contribution is -0.137. The largest absolute Gasteiger partial charge is 0.416 e. The number of rotatable bonds is 4. The van der Waals surface area contributed by atoms with E-state index >= 15 is 0 Å². The Morgan fingerprint density at radius 1 is 1.28 bits per heavy atom. The van der Waals surface area contributed by atoms with Crippen LogP contribution in [0.3, 0.4) is 0 Å². The zero-order valence-corrected chi connectivity index (χ0v) is 10.1. The van der Waals surface area contributed by atoms with Crippen LogP contribution in [0.5, 0.6) is 0 Å². The Balaban J connectivity index is 1.87. The number of hydrogen-bond donors (Lipinski definition) is 1. The maximum atomic E-state index is 12.4. The monoisotopic (exact) mass is 259 g/mol. The molecule has 0 aliphatic carbocycles. The highest BCUT2D eigenvalue weighted by Gasteiger charge is 2.31. The fraction of sp³-hybridized carbons (Fsp3) is 0.538. The van der Waals surface area contributed by atoms with Gasteiger partial charge in [-0.25, -0.2) is 0 Å². The van der Waals surface area contributed by atoms with E-state index in [0.29, 0.717) is 12.5 Å². The summed E-state index contributed by atoms with van der Waals surface area (Å²) in [6.45, 7) is 3.39. The fourth-order valence-corrected chi connectivity index (χ4v) is 1.92. The first-order valence-corrected chi connectivity index (χ1v) is 6.02. The van der Waals surface area contributed by atoms with E-state index in [1.54, 1.807) is 0 Å². The minimum absolute atomic E-state index is 0.0392. The Labute approximate surface area is 104 Å². The van der Waals surface area contributed by atoms with Gasteiger partial charge in [-0.05, 0) is 24.1 Å². The van der Waals surface area contributed by atoms with E-state index in [0.717, 1.165) is 30.7 Å². The molecule has 1 heterocycles. The molecule has 0 radical (unpaired) electrons. The number of nitrogens with one attached hydrogen (secondary N) is 1. The van der Waals surface area contributed by atoms with Gasteiger partial charge >= 0.3 is 6.18 Å². The summed E-state index contributed by atoms with van der Waals surface area (Å²) < 4.78 is 42.4. The Bertz CT molecular complexity index is 386. The molecule has 0 bridgehead atoms. The van der Waals surface area contributed by atoms with Crippen LogP contribution in [-0.2, 0) is 17.5 Å². The smallest absolute Gasteiger partial charge is 0.363 e. The van der Waals surface area contributed by atoms with Crippen molar-refractivity contribution in [3.05, 3.63) is 35.4 Å². The molecule has 100 valence electrons. The highest BCUT2D eigenvalue weighted by molar-refractivity contribution is 5.24. The molecule has 0 saturated carbocycles. The van der Waals surface area contributed by atoms with Gasteiger partial charge in [0, 0.05) is 12.5 Å². The number of hydrogen-bond acceptors (Lipinski definition) is 2. The van der Waals surface area contributed by atoms with Crippen LogP contribution in [0.25, 0.3) is 0 Å². The molecular formula is C13H16F3NO. The molecule has 1 aliphatic heterocycles. The van der Waals surface area contributed by atoms with Crippen molar-refractivity contribution in [2.24, 2.45) is 5.92 Å². The van der Waals surface area contributed by atoms with E-state index in [2.05, 4.69) is 12.2 Å². The molecule has 0 amide bonds. The predicted octanol–water partition coefficient (Wildman–Crippen LogP) is 3.18. The molecule has 2 nitrogen and oxygen atoms in total. The maximum Gasteiger partial charge on any atom is 0.416 e. The molecule has 1 aromatic rings. The second-order valence-electron chi connectivity index (χ2n) is 4.50. The van der Waals surface area contributed by atoms with Crippen LogP contribution in [0.1, 0.15) is 24.5 Å². The van der Waals surface area contributed by atoms with E-state index in [4.69, 9.17) is 4.74 Å². The number of ether oxygens (including phenoxy) is 1. The minimum atomic E-state index is -4.27. The Morgan fingerprint density at radius 3 is 2.39 bits per heavy atom. The molecule has 1 saturated heterocycles. The minimum Gasteiger partial charge on any atom is -0.363 e. The van der Waals surface area contributed by atoms with Gasteiger partial charge in [-0.1, -0.05) is 19.1 Å². The van der Waals surface area contributed by atoms with Gasteiger partial charge < -0.3 is 4.74 Å². The molecule has 2 atom stereocenters. The average Bonchev–Trinajstić information content (AvgIpc) is 2.28. The molecule has 2 rings (SSSR count). The van der Waals surface area contributed by atoms with Crippen molar-refractivity contribution in [3.63, 3.8) is 0 Å². The van der Waals surface area contributed by atoms with Crippen LogP contribution in [0.4, 0.5) is 13.2 Å². The van der Waals surface area contributed by atoms with Crippen LogP contribution < -0.4 is 5.32 Å². The first-order valence-electron chi connectivity index (χ1n) is 6.02. The van der Waals surface area contributed by atoms with Gasteiger partial charge in [0.05, 0.1) is 12.2 Å². The van der Waals surface area contributed by atoms with Gasteiger partial charge in [-0.3, -0.25) is 5.32 Å². The topological polar surface area (TPSA) is 21.3 Å². The standard InChI is InChI=1S/C13H16F3NO/c1-2-10-8-18-12(10)17-7-9-3-5-11(6-4-9)13(14,15)16/h3-6,10,12,17H,2,7-8H2,1H3. The summed E-state index contributed by atoms with van der Waals surface area (Å²) in [5, 5.41) is 3.19. The summed E-state index contributed by atoms with van der Waals surface area (Å²) in [4.78, 5) is 0. The Kier molecular flexibility index (Phi) is 3.92. The normalized spacial score (nSPS) is 23.8. The van der Waals surface area contributed by atoms with Crippen molar-refractivity contribution in [1.29, 1.82) is 0 Å². The van der Waals surface area contributed by atoms with Crippen LogP contribution in [0, 0.1) is 5.92 Å². The molecule has 1 aromatic carbocycles. The summed E-state index contributed by atoms with van der Waals surface area (Å²) in [6.07, 6.45) is -3.18. The van der Waals surface area contributed by atoms with E-state index in [-0.39, 0.29) is 6.23 Å². The lowest BCUT2D eigenvalue weighted by Crippen LogP contribution is -2.49. The average molecular weight is 259 g/mol. The molecule has 2 unspecified atom stereocenters. The van der Waals surface area contributed by atoms with Crippen LogP contribution in [0.2, 0.25) is 0 Å². The first-order chi connectivity index (χ1) is 8.50. The molecule has 1 N–H and O–H groups in total. The van der Waals surface area contributed by atoms with Crippen molar-refractivity contribution in [2.45, 2.75) is 32.3 Å². The van der Waals surface area contributed by atoms with Crippen molar-refractivity contribution < 1.29 is 17.9 Å². The molecular weight excluding hydrogens is 243 g/mol. The predicted molar refractivity (Wildman–Crippen MR) is 61.8 cm³/mol. The first kappa shape index (κ1) is 13.4. The summed E-state index contributed by atoms with van der Waals surface area (Å²) in [6, 6.07) is 5.21. The summed E-state index contributed by atoms with van der Waals surface area (Å²) >= 11 is 0. The van der Waals surface area contributed by atoms with Crippen molar-refractivity contribution in [2.75, 3.05) is 6.61 Å². The number of benzene rings is 1. The summed E-state index contributed by atoms with van der Waals surface area (Å²) in [5.41, 5.74) is 0.214. The highest BCUT2D eigenvalue weighted by atomic mass is 19.4. The number of alkyl halides is 3. The quantitative estimate of drug-likeness (QED) is 0.896. The summed E-state index contributed by atoms with van der Waals surface area (Å²) in [7, 11) is 0. The lowest BCUT2D eigenvalue weighted by atomic mass is 10.0. The van der Waals surface area contributed by atoms with Crippen molar-refractivity contribution in [1.82, 2.24) is 5.32 Å². The second-order valence-corrected chi connectivity index (χ2v) is 4.50. The van der Waals surface area contributed by atoms with Gasteiger partial charge in [0.25, 0.3) is 0 Å². The summed E-state index contributed by atoms with van der Waals surface area (Å²) in [5.74, 6) is 0.513. The Morgan fingerprint density at radius 2 is 1.94 bits per heavy atom. The molecule has 0 spiro atoms. The lowest BCUT2D eigenvalue weighted by Gasteiger charge is -2.36. The molecule has 18 heavy (non-hydrogen) atoms. The van der Waals surface area contributed by atoms with Gasteiger partial charge in [0.15, 0.2) is 0 Å². The van der Waals surface area contributed by atoms with Gasteiger partial charge in [0.1, 0.15) is 6.23 Å². The molecule has 1 fully saturated rings. The van der Waals surface area contributed by atoms with Crippen LogP contribution >= 0.6 is 0 Å². The fourth-order valence-electron chi connectivity index (χ4n) is 1.92. The molecule has 1 aliphatic rings. The van der Waals surface area contributed by atoms with E-state index < -0.39 is 11.7 Å². The Hall–Kier alpha value is -1.07. The van der Waals surface area contributed by atoms with Crippen LogP contribution in [0.15, 0.2) is 24.3 Å². The second kappa shape index (κ2) is 5.28. The van der Waals surface area contributed by atoms with Gasteiger partial charge in [-0.2, -0.15) is 13.2 Å². The highest BCUT2D eigenvalue weighted by Crippen LogP contribution is 2.29. The van der Waals surface area contributed by atoms with Gasteiger partial charge in [-0.15, -0.1) is 0 Å². The third-order valence-electron chi connectivity index (χ3n) is 3.23. The maximum absolute atomic E-state index is 12.4. The third kappa shape index (κ3) is 3.03. The SMILES string of the molecule is CCC1COC1NCc1ccc(C(F)(F)F)cc1. The van der Waals surface area contributed by atoms with E-state index in [1.807, 2.05) is 0 Å². The molecule has 5 heteroatoms. The van der Waals surface area contributed by atoms with Crippen LogP contribution in [-0.4, -0.2) is 12.8 Å². The molecule has 0 aromatic heterocycles. The van der Waals surface area contributed by atoms with Crippen molar-refractivity contribution in [3.8, 4) is 0 Å². The zero-order valence-electron chi connectivity index (χ0n) is 10.1. The van der Waals surface area contributed by atoms with Gasteiger partial charge in [0.2, 0.25) is 0 Å². The van der Waals surface area contributed by atoms with Crippen molar-refractivity contribution >= 4 is 0 Å². The number of halogens is 3.